The molecule has 90 valence electrons. The summed E-state index contributed by atoms with van der Waals surface area (Å²) in [4.78, 5) is 7.40. The zero-order valence-corrected chi connectivity index (χ0v) is 11.5. The summed E-state index contributed by atoms with van der Waals surface area (Å²) in [6, 6.07) is 0. The molecule has 1 aliphatic carbocycles. The Hall–Kier alpha value is -0.420. The van der Waals surface area contributed by atoms with Gasteiger partial charge in [-0.2, -0.15) is 5.10 Å². The van der Waals surface area contributed by atoms with Crippen LogP contribution in [0.2, 0.25) is 0 Å². The zero-order valence-electron chi connectivity index (χ0n) is 9.93. The first kappa shape index (κ1) is 12.0. The lowest BCUT2D eigenvalue weighted by molar-refractivity contribution is 0.203. The molecular weight excluding hydrogens is 268 g/mol. The lowest BCUT2D eigenvalue weighted by Gasteiger charge is -2.34. The first-order valence-corrected chi connectivity index (χ1v) is 6.80. The third-order valence-electron chi connectivity index (χ3n) is 3.15. The highest BCUT2D eigenvalue weighted by atomic mass is 79.9. The Kier molecular flexibility index (Phi) is 3.97. The van der Waals surface area contributed by atoms with E-state index in [9.17, 15) is 0 Å². The van der Waals surface area contributed by atoms with Crippen molar-refractivity contribution >= 4 is 15.9 Å². The molecule has 5 heteroatoms. The summed E-state index contributed by atoms with van der Waals surface area (Å²) < 4.78 is 1.96. The fourth-order valence-corrected chi connectivity index (χ4v) is 3.28. The Morgan fingerprint density at radius 3 is 2.94 bits per heavy atom. The normalized spacial score (nSPS) is 24.8. The fraction of sp³-hybridized carbons (Fsp3) is 0.818. The lowest BCUT2D eigenvalue weighted by atomic mass is 9.85. The monoisotopic (exact) mass is 286 g/mol. The summed E-state index contributed by atoms with van der Waals surface area (Å²) in [7, 11) is 2.16. The van der Waals surface area contributed by atoms with Gasteiger partial charge in [-0.05, 0) is 32.7 Å². The van der Waals surface area contributed by atoms with E-state index >= 15 is 0 Å². The molecule has 0 N–H and O–H groups in total. The quantitative estimate of drug-likeness (QED) is 0.776. The second-order valence-electron chi connectivity index (χ2n) is 4.62. The highest BCUT2D eigenvalue weighted by molar-refractivity contribution is 9.09. The predicted octanol–water partition coefficient (Wildman–Crippen LogP) is 1.90. The first-order valence-electron chi connectivity index (χ1n) is 5.88. The van der Waals surface area contributed by atoms with E-state index in [0.29, 0.717) is 0 Å². The number of alkyl halides is 1. The van der Waals surface area contributed by atoms with Crippen LogP contribution in [-0.2, 0) is 13.1 Å². The minimum Gasteiger partial charge on any atom is -0.299 e. The minimum absolute atomic E-state index is 0.755. The number of nitrogens with zero attached hydrogens (tertiary/aromatic N) is 4. The summed E-state index contributed by atoms with van der Waals surface area (Å²) in [5.41, 5.74) is 0. The summed E-state index contributed by atoms with van der Waals surface area (Å²) in [5.74, 6) is 1.92. The van der Waals surface area contributed by atoms with Crippen LogP contribution in [0.5, 0.6) is 0 Å². The Labute approximate surface area is 105 Å². The molecule has 16 heavy (non-hydrogen) atoms. The van der Waals surface area contributed by atoms with E-state index in [0.717, 1.165) is 29.7 Å². The van der Waals surface area contributed by atoms with Gasteiger partial charge < -0.3 is 0 Å². The van der Waals surface area contributed by atoms with E-state index in [1.807, 2.05) is 4.68 Å². The summed E-state index contributed by atoms with van der Waals surface area (Å²) in [6.45, 7) is 5.06. The van der Waals surface area contributed by atoms with Crippen LogP contribution in [0.25, 0.3) is 0 Å². The van der Waals surface area contributed by atoms with Crippen LogP contribution in [0.1, 0.15) is 25.6 Å². The molecular formula is C11H19BrN4. The molecule has 1 fully saturated rings. The van der Waals surface area contributed by atoms with E-state index in [1.165, 1.54) is 19.4 Å². The molecule has 0 atom stereocenters. The van der Waals surface area contributed by atoms with Crippen LogP contribution in [0, 0.1) is 5.92 Å². The number of aryl methyl sites for hydroxylation is 1. The number of hydrogen-bond donors (Lipinski definition) is 0. The topological polar surface area (TPSA) is 34.0 Å². The van der Waals surface area contributed by atoms with Gasteiger partial charge in [-0.25, -0.2) is 9.67 Å². The molecule has 0 amide bonds. The van der Waals surface area contributed by atoms with Crippen molar-refractivity contribution < 1.29 is 0 Å². The van der Waals surface area contributed by atoms with Crippen molar-refractivity contribution in [1.82, 2.24) is 19.7 Å². The molecule has 2 rings (SSSR count). The van der Waals surface area contributed by atoms with E-state index in [4.69, 9.17) is 0 Å². The minimum atomic E-state index is 0.755. The maximum Gasteiger partial charge on any atom is 0.140 e. The van der Waals surface area contributed by atoms with Crippen LogP contribution in [0.4, 0.5) is 0 Å². The van der Waals surface area contributed by atoms with Gasteiger partial charge in [0, 0.05) is 17.9 Å². The van der Waals surface area contributed by atoms with Gasteiger partial charge in [-0.3, -0.25) is 4.90 Å². The lowest BCUT2D eigenvalue weighted by Crippen LogP contribution is -2.34. The van der Waals surface area contributed by atoms with E-state index in [-0.39, 0.29) is 0 Å². The molecule has 0 spiro atoms. The van der Waals surface area contributed by atoms with Crippen molar-refractivity contribution in [3.05, 3.63) is 12.2 Å². The molecule has 0 aromatic carbocycles. The van der Waals surface area contributed by atoms with Gasteiger partial charge in [0.05, 0.1) is 6.54 Å². The van der Waals surface area contributed by atoms with Gasteiger partial charge in [-0.1, -0.05) is 15.9 Å². The number of halogens is 1. The van der Waals surface area contributed by atoms with Gasteiger partial charge in [0.15, 0.2) is 0 Å². The van der Waals surface area contributed by atoms with E-state index in [2.05, 4.69) is 44.9 Å². The maximum absolute atomic E-state index is 4.29. The summed E-state index contributed by atoms with van der Waals surface area (Å²) in [5, 5.41) is 4.18. The molecule has 0 aliphatic heterocycles. The first-order chi connectivity index (χ1) is 7.69. The molecule has 1 saturated carbocycles. The highest BCUT2D eigenvalue weighted by Gasteiger charge is 2.27. The fourth-order valence-electron chi connectivity index (χ4n) is 2.22. The van der Waals surface area contributed by atoms with E-state index < -0.39 is 0 Å². The molecule has 1 aromatic rings. The Bertz CT molecular complexity index is 332. The molecule has 1 heterocycles. The third-order valence-corrected chi connectivity index (χ3v) is 3.90. The van der Waals surface area contributed by atoms with Crippen LogP contribution < -0.4 is 0 Å². The molecule has 0 unspecified atom stereocenters. The van der Waals surface area contributed by atoms with Crippen LogP contribution in [0.15, 0.2) is 6.33 Å². The van der Waals surface area contributed by atoms with Crippen LogP contribution in [-0.4, -0.2) is 38.1 Å². The zero-order chi connectivity index (χ0) is 11.5. The van der Waals surface area contributed by atoms with Gasteiger partial charge in [0.25, 0.3) is 0 Å². The average molecular weight is 287 g/mol. The van der Waals surface area contributed by atoms with Crippen molar-refractivity contribution in [1.29, 1.82) is 0 Å². The molecule has 1 aliphatic rings. The van der Waals surface area contributed by atoms with Gasteiger partial charge in [0.2, 0.25) is 0 Å². The van der Waals surface area contributed by atoms with Crippen molar-refractivity contribution in [2.75, 3.05) is 13.6 Å². The number of rotatable bonds is 5. The van der Waals surface area contributed by atoms with Gasteiger partial charge in [-0.15, -0.1) is 0 Å². The molecule has 0 bridgehead atoms. The molecule has 0 radical (unpaired) electrons. The molecule has 0 saturated heterocycles. The SMILES string of the molecule is CCn1ncnc1CN(C)CC1CC(Br)C1. The largest absolute Gasteiger partial charge is 0.299 e. The van der Waals surface area contributed by atoms with E-state index in [1.54, 1.807) is 6.33 Å². The average Bonchev–Trinajstić information content (AvgIpc) is 2.62. The second kappa shape index (κ2) is 5.27. The second-order valence-corrected chi connectivity index (χ2v) is 5.92. The standard InChI is InChI=1S/C11H19BrN4/c1-3-16-11(13-8-14-16)7-15(2)6-9-4-10(12)5-9/h8-10H,3-7H2,1-2H3. The van der Waals surface area contributed by atoms with Crippen LogP contribution in [0.3, 0.4) is 0 Å². The Morgan fingerprint density at radius 1 is 1.56 bits per heavy atom. The Balaban J connectivity index is 1.80. The van der Waals surface area contributed by atoms with Crippen molar-refractivity contribution in [3.8, 4) is 0 Å². The smallest absolute Gasteiger partial charge is 0.140 e. The summed E-state index contributed by atoms with van der Waals surface area (Å²) >= 11 is 3.63. The number of aromatic nitrogens is 3. The Morgan fingerprint density at radius 2 is 2.31 bits per heavy atom. The van der Waals surface area contributed by atoms with Crippen molar-refractivity contribution in [2.24, 2.45) is 5.92 Å². The van der Waals surface area contributed by atoms with Crippen LogP contribution >= 0.6 is 15.9 Å². The maximum atomic E-state index is 4.29. The molecule has 1 aromatic heterocycles. The number of hydrogen-bond acceptors (Lipinski definition) is 3. The summed E-state index contributed by atoms with van der Waals surface area (Å²) in [6.07, 6.45) is 4.26. The molecule has 4 nitrogen and oxygen atoms in total. The third kappa shape index (κ3) is 2.83. The predicted molar refractivity (Wildman–Crippen MR) is 67.5 cm³/mol. The van der Waals surface area contributed by atoms with Gasteiger partial charge in [0.1, 0.15) is 12.2 Å². The van der Waals surface area contributed by atoms with Gasteiger partial charge >= 0.3 is 0 Å². The van der Waals surface area contributed by atoms with Crippen molar-refractivity contribution in [3.63, 3.8) is 0 Å². The highest BCUT2D eigenvalue weighted by Crippen LogP contribution is 2.33. The van der Waals surface area contributed by atoms with Crippen molar-refractivity contribution in [2.45, 2.75) is 37.7 Å².